The molecule has 20 heavy (non-hydrogen) atoms. The van der Waals surface area contributed by atoms with Crippen LogP contribution >= 0.6 is 0 Å². The van der Waals surface area contributed by atoms with E-state index < -0.39 is 0 Å². The van der Waals surface area contributed by atoms with E-state index in [1.807, 2.05) is 36.4 Å². The maximum Gasteiger partial charge on any atom is 0.338 e. The SMILES string of the molecule is CCOC(=O)c1cccc(-c2ccc3c(c2)OCO3)c1. The van der Waals surface area contributed by atoms with Crippen LogP contribution in [0.1, 0.15) is 17.3 Å². The molecule has 0 aliphatic carbocycles. The number of hydrogen-bond donors (Lipinski definition) is 0. The van der Waals surface area contributed by atoms with E-state index in [0.717, 1.165) is 22.6 Å². The number of hydrogen-bond acceptors (Lipinski definition) is 4. The normalized spacial score (nSPS) is 12.2. The number of rotatable bonds is 3. The Balaban J connectivity index is 1.94. The zero-order valence-electron chi connectivity index (χ0n) is 11.1. The van der Waals surface area contributed by atoms with Gasteiger partial charge in [-0.3, -0.25) is 0 Å². The monoisotopic (exact) mass is 270 g/mol. The molecule has 0 fully saturated rings. The van der Waals surface area contributed by atoms with Crippen molar-refractivity contribution in [2.45, 2.75) is 6.92 Å². The summed E-state index contributed by atoms with van der Waals surface area (Å²) in [7, 11) is 0. The van der Waals surface area contributed by atoms with Gasteiger partial charge >= 0.3 is 5.97 Å². The molecular formula is C16H14O4. The van der Waals surface area contributed by atoms with Crippen molar-refractivity contribution in [2.24, 2.45) is 0 Å². The van der Waals surface area contributed by atoms with Gasteiger partial charge in [-0.1, -0.05) is 18.2 Å². The first-order valence-corrected chi connectivity index (χ1v) is 6.45. The smallest absolute Gasteiger partial charge is 0.338 e. The summed E-state index contributed by atoms with van der Waals surface area (Å²) in [6.45, 7) is 2.41. The van der Waals surface area contributed by atoms with Crippen LogP contribution in [0.4, 0.5) is 0 Å². The quantitative estimate of drug-likeness (QED) is 0.803. The first-order valence-electron chi connectivity index (χ1n) is 6.45. The molecule has 1 heterocycles. The number of fused-ring (bicyclic) bond motifs is 1. The second-order valence-electron chi connectivity index (χ2n) is 4.37. The Morgan fingerprint density at radius 1 is 1.10 bits per heavy atom. The predicted molar refractivity (Wildman–Crippen MR) is 74.0 cm³/mol. The summed E-state index contributed by atoms with van der Waals surface area (Å²) >= 11 is 0. The molecule has 2 aromatic rings. The number of benzene rings is 2. The second kappa shape index (κ2) is 5.25. The maximum atomic E-state index is 11.7. The van der Waals surface area contributed by atoms with Crippen molar-refractivity contribution in [3.63, 3.8) is 0 Å². The second-order valence-corrected chi connectivity index (χ2v) is 4.37. The fraction of sp³-hybridized carbons (Fsp3) is 0.188. The van der Waals surface area contributed by atoms with Crippen LogP contribution in [0, 0.1) is 0 Å². The van der Waals surface area contributed by atoms with E-state index in [2.05, 4.69) is 0 Å². The lowest BCUT2D eigenvalue weighted by molar-refractivity contribution is 0.0526. The van der Waals surface area contributed by atoms with Gasteiger partial charge in [0.05, 0.1) is 12.2 Å². The van der Waals surface area contributed by atoms with Crippen LogP contribution in [0.5, 0.6) is 11.5 Å². The standard InChI is InChI=1S/C16H14O4/c1-2-18-16(17)13-5-3-4-11(8-13)12-6-7-14-15(9-12)20-10-19-14/h3-9H,2,10H2,1H3. The minimum absolute atomic E-state index is 0.252. The Kier molecular flexibility index (Phi) is 3.29. The zero-order valence-corrected chi connectivity index (χ0v) is 11.1. The Morgan fingerprint density at radius 3 is 2.75 bits per heavy atom. The highest BCUT2D eigenvalue weighted by Crippen LogP contribution is 2.36. The first kappa shape index (κ1) is 12.5. The lowest BCUT2D eigenvalue weighted by atomic mass is 10.0. The van der Waals surface area contributed by atoms with Crippen molar-refractivity contribution in [2.75, 3.05) is 13.4 Å². The molecule has 102 valence electrons. The Morgan fingerprint density at radius 2 is 1.90 bits per heavy atom. The van der Waals surface area contributed by atoms with E-state index in [1.165, 1.54) is 0 Å². The Bertz CT molecular complexity index is 649. The molecule has 0 bridgehead atoms. The van der Waals surface area contributed by atoms with Gasteiger partial charge in [0, 0.05) is 0 Å². The minimum atomic E-state index is -0.310. The summed E-state index contributed by atoms with van der Waals surface area (Å²) < 4.78 is 15.7. The molecule has 1 aliphatic heterocycles. The summed E-state index contributed by atoms with van der Waals surface area (Å²) in [4.78, 5) is 11.7. The summed E-state index contributed by atoms with van der Waals surface area (Å²) in [5.74, 6) is 1.16. The molecule has 4 heteroatoms. The predicted octanol–water partition coefficient (Wildman–Crippen LogP) is 3.26. The maximum absolute atomic E-state index is 11.7. The third-order valence-corrected chi connectivity index (χ3v) is 3.08. The Hall–Kier alpha value is -2.49. The van der Waals surface area contributed by atoms with Gasteiger partial charge in [0.15, 0.2) is 11.5 Å². The van der Waals surface area contributed by atoms with E-state index in [9.17, 15) is 4.79 Å². The first-order chi connectivity index (χ1) is 9.78. The molecule has 1 aliphatic rings. The highest BCUT2D eigenvalue weighted by atomic mass is 16.7. The molecule has 0 saturated carbocycles. The molecule has 0 saturated heterocycles. The topological polar surface area (TPSA) is 44.8 Å². The van der Waals surface area contributed by atoms with Crippen LogP contribution < -0.4 is 9.47 Å². The third-order valence-electron chi connectivity index (χ3n) is 3.08. The largest absolute Gasteiger partial charge is 0.462 e. The van der Waals surface area contributed by atoms with E-state index in [-0.39, 0.29) is 12.8 Å². The van der Waals surface area contributed by atoms with Crippen LogP contribution in [0.25, 0.3) is 11.1 Å². The molecular weight excluding hydrogens is 256 g/mol. The van der Waals surface area contributed by atoms with Crippen molar-refractivity contribution >= 4 is 5.97 Å². The van der Waals surface area contributed by atoms with Crippen molar-refractivity contribution in [1.82, 2.24) is 0 Å². The summed E-state index contributed by atoms with van der Waals surface area (Å²) in [6, 6.07) is 13.1. The lowest BCUT2D eigenvalue weighted by Gasteiger charge is -2.06. The average molecular weight is 270 g/mol. The third kappa shape index (κ3) is 2.32. The van der Waals surface area contributed by atoms with Gasteiger partial charge < -0.3 is 14.2 Å². The fourth-order valence-electron chi connectivity index (χ4n) is 2.12. The van der Waals surface area contributed by atoms with Gasteiger partial charge in [-0.2, -0.15) is 0 Å². The highest BCUT2D eigenvalue weighted by Gasteiger charge is 2.14. The molecule has 4 nitrogen and oxygen atoms in total. The van der Waals surface area contributed by atoms with E-state index in [1.54, 1.807) is 13.0 Å². The molecule has 0 spiro atoms. The molecule has 2 aromatic carbocycles. The van der Waals surface area contributed by atoms with Gasteiger partial charge in [-0.05, 0) is 42.3 Å². The molecule has 3 rings (SSSR count). The van der Waals surface area contributed by atoms with Crippen LogP contribution in [-0.4, -0.2) is 19.4 Å². The number of carbonyl (C=O) groups excluding carboxylic acids is 1. The van der Waals surface area contributed by atoms with Crippen LogP contribution in [0.2, 0.25) is 0 Å². The molecule has 0 amide bonds. The highest BCUT2D eigenvalue weighted by molar-refractivity contribution is 5.91. The van der Waals surface area contributed by atoms with Gasteiger partial charge in [-0.25, -0.2) is 4.79 Å². The lowest BCUT2D eigenvalue weighted by Crippen LogP contribution is -2.04. The minimum Gasteiger partial charge on any atom is -0.462 e. The van der Waals surface area contributed by atoms with Gasteiger partial charge in [0.1, 0.15) is 0 Å². The van der Waals surface area contributed by atoms with E-state index in [4.69, 9.17) is 14.2 Å². The summed E-state index contributed by atoms with van der Waals surface area (Å²) in [5, 5.41) is 0. The molecule has 0 aromatic heterocycles. The molecule has 0 N–H and O–H groups in total. The summed E-state index contributed by atoms with van der Waals surface area (Å²) in [5.41, 5.74) is 2.45. The van der Waals surface area contributed by atoms with Crippen LogP contribution in [0.15, 0.2) is 42.5 Å². The van der Waals surface area contributed by atoms with E-state index in [0.29, 0.717) is 12.2 Å². The number of esters is 1. The fourth-order valence-corrected chi connectivity index (χ4v) is 2.12. The van der Waals surface area contributed by atoms with Crippen LogP contribution in [0.3, 0.4) is 0 Å². The van der Waals surface area contributed by atoms with Crippen molar-refractivity contribution in [1.29, 1.82) is 0 Å². The van der Waals surface area contributed by atoms with Crippen LogP contribution in [-0.2, 0) is 4.74 Å². The van der Waals surface area contributed by atoms with Crippen molar-refractivity contribution in [3.8, 4) is 22.6 Å². The van der Waals surface area contributed by atoms with Gasteiger partial charge in [-0.15, -0.1) is 0 Å². The zero-order chi connectivity index (χ0) is 13.9. The number of carbonyl (C=O) groups is 1. The molecule has 0 atom stereocenters. The van der Waals surface area contributed by atoms with Crippen molar-refractivity contribution in [3.05, 3.63) is 48.0 Å². The Labute approximate surface area is 116 Å². The van der Waals surface area contributed by atoms with E-state index >= 15 is 0 Å². The summed E-state index contributed by atoms with van der Waals surface area (Å²) in [6.07, 6.45) is 0. The van der Waals surface area contributed by atoms with Gasteiger partial charge in [0.25, 0.3) is 0 Å². The molecule has 0 unspecified atom stereocenters. The molecule has 0 radical (unpaired) electrons. The average Bonchev–Trinajstić information content (AvgIpc) is 2.95. The van der Waals surface area contributed by atoms with Gasteiger partial charge in [0.2, 0.25) is 6.79 Å². The van der Waals surface area contributed by atoms with Crippen molar-refractivity contribution < 1.29 is 19.0 Å². The number of ether oxygens (including phenoxy) is 3.